The van der Waals surface area contributed by atoms with Crippen molar-refractivity contribution in [2.24, 2.45) is 0 Å². The summed E-state index contributed by atoms with van der Waals surface area (Å²) >= 11 is 9.42. The number of aromatic nitrogens is 1. The van der Waals surface area contributed by atoms with Gasteiger partial charge in [0, 0.05) is 13.0 Å². The number of ether oxygens (including phenoxy) is 1. The molecule has 0 atom stereocenters. The lowest BCUT2D eigenvalue weighted by Crippen LogP contribution is -2.42. The number of hydrogen-bond acceptors (Lipinski definition) is 9. The number of hydrogen-bond donors (Lipinski definition) is 2. The quantitative estimate of drug-likeness (QED) is 0.174. The second-order valence-corrected chi connectivity index (χ2v) is 11.5. The Kier molecular flexibility index (Phi) is 8.97. The first-order valence-electron chi connectivity index (χ1n) is 10.9. The van der Waals surface area contributed by atoms with Gasteiger partial charge in [-0.3, -0.25) is 30.1 Å². The third-order valence-electron chi connectivity index (χ3n) is 4.99. The zero-order chi connectivity index (χ0) is 25.5. The number of para-hydroxylation sites is 1. The molecule has 186 valence electrons. The van der Waals surface area contributed by atoms with Gasteiger partial charge in [0.25, 0.3) is 5.91 Å². The molecule has 8 nitrogen and oxygen atoms in total. The zero-order valence-corrected chi connectivity index (χ0v) is 22.5. The highest BCUT2D eigenvalue weighted by molar-refractivity contribution is 8.26. The summed E-state index contributed by atoms with van der Waals surface area (Å²) in [5, 5.41) is 0. The van der Waals surface area contributed by atoms with E-state index < -0.39 is 0 Å². The largest absolute Gasteiger partial charge is 0.497 e. The Morgan fingerprint density at radius 3 is 2.78 bits per heavy atom. The topological polar surface area (TPSA) is 101 Å². The maximum absolute atomic E-state index is 12.8. The van der Waals surface area contributed by atoms with Crippen molar-refractivity contribution in [3.8, 4) is 5.75 Å². The Bertz CT molecular complexity index is 1310. The van der Waals surface area contributed by atoms with Crippen molar-refractivity contribution in [1.82, 2.24) is 20.7 Å². The Morgan fingerprint density at radius 2 is 1.97 bits per heavy atom. The average Bonchev–Trinajstić information content (AvgIpc) is 3.42. The molecule has 12 heteroatoms. The van der Waals surface area contributed by atoms with Crippen LogP contribution in [0.15, 0.2) is 57.8 Å². The maximum atomic E-state index is 12.8. The maximum Gasteiger partial charge on any atom is 0.266 e. The average molecular weight is 559 g/mol. The number of benzene rings is 2. The third-order valence-corrected chi connectivity index (χ3v) is 8.55. The van der Waals surface area contributed by atoms with E-state index in [0.717, 1.165) is 20.1 Å². The molecular formula is C24H22N4O4S4. The van der Waals surface area contributed by atoms with Crippen LogP contribution in [0.25, 0.3) is 16.3 Å². The molecule has 1 saturated heterocycles. The van der Waals surface area contributed by atoms with Crippen molar-refractivity contribution >= 4 is 85.4 Å². The number of hydrazine groups is 1. The smallest absolute Gasteiger partial charge is 0.266 e. The van der Waals surface area contributed by atoms with Crippen LogP contribution in [-0.4, -0.2) is 51.3 Å². The first-order chi connectivity index (χ1) is 17.4. The summed E-state index contributed by atoms with van der Waals surface area (Å²) in [6, 6.07) is 15.2. The Hall–Kier alpha value is -2.93. The standard InChI is InChI=1S/C24H22N4O4S4/c1-32-16-7-4-6-15(12-16)13-19-22(31)28(24(33)36-19)11-5-10-20(29)26-27-21(30)14-34-23-25-17-8-2-3-9-18(17)35-23/h2-4,6-9,12-13H,5,10-11,14H2,1H3,(H,26,29)(H,27,30). The Labute approximate surface area is 225 Å². The highest BCUT2D eigenvalue weighted by atomic mass is 32.2. The number of thioether (sulfide) groups is 2. The SMILES string of the molecule is COc1cccc(C=C2SC(=S)N(CCCC(=O)NNC(=O)CSc3nc4ccccc4s3)C2=O)c1. The number of thiocarbonyl (C=S) groups is 1. The van der Waals surface area contributed by atoms with Gasteiger partial charge in [0.2, 0.25) is 11.8 Å². The second-order valence-electron chi connectivity index (χ2n) is 7.55. The van der Waals surface area contributed by atoms with Crippen molar-refractivity contribution in [3.05, 3.63) is 59.0 Å². The molecule has 1 aromatic heterocycles. The van der Waals surface area contributed by atoms with Gasteiger partial charge < -0.3 is 4.74 Å². The van der Waals surface area contributed by atoms with Crippen LogP contribution in [0.2, 0.25) is 0 Å². The van der Waals surface area contributed by atoms with Gasteiger partial charge in [0.05, 0.1) is 28.0 Å². The van der Waals surface area contributed by atoms with Gasteiger partial charge in [-0.05, 0) is 42.3 Å². The molecule has 0 unspecified atom stereocenters. The molecule has 36 heavy (non-hydrogen) atoms. The van der Waals surface area contributed by atoms with E-state index in [4.69, 9.17) is 17.0 Å². The summed E-state index contributed by atoms with van der Waals surface area (Å²) in [6.07, 6.45) is 2.31. The molecule has 0 aliphatic carbocycles. The first kappa shape index (κ1) is 26.1. The number of thiazole rings is 1. The molecule has 2 heterocycles. The minimum atomic E-state index is -0.342. The van der Waals surface area contributed by atoms with Crippen LogP contribution in [0.4, 0.5) is 0 Å². The van der Waals surface area contributed by atoms with Gasteiger partial charge in [0.1, 0.15) is 10.1 Å². The number of rotatable bonds is 9. The zero-order valence-electron chi connectivity index (χ0n) is 19.2. The number of amides is 3. The molecule has 0 radical (unpaired) electrons. The van der Waals surface area contributed by atoms with Crippen LogP contribution >= 0.6 is 47.1 Å². The van der Waals surface area contributed by atoms with E-state index in [9.17, 15) is 14.4 Å². The highest BCUT2D eigenvalue weighted by Crippen LogP contribution is 2.33. The molecule has 4 rings (SSSR count). The molecule has 3 amide bonds. The van der Waals surface area contributed by atoms with Gasteiger partial charge in [-0.25, -0.2) is 4.98 Å². The molecule has 2 aromatic carbocycles. The Balaban J connectivity index is 1.18. The summed E-state index contributed by atoms with van der Waals surface area (Å²) in [5.41, 5.74) is 6.56. The molecule has 2 N–H and O–H groups in total. The fraction of sp³-hybridized carbons (Fsp3) is 0.208. The minimum Gasteiger partial charge on any atom is -0.497 e. The number of carbonyl (C=O) groups excluding carboxylic acids is 3. The molecule has 3 aromatic rings. The first-order valence-corrected chi connectivity index (χ1v) is 13.9. The second kappa shape index (κ2) is 12.3. The number of fused-ring (bicyclic) bond motifs is 1. The molecule has 1 aliphatic rings. The van der Waals surface area contributed by atoms with Crippen molar-refractivity contribution in [2.75, 3.05) is 19.4 Å². The fourth-order valence-corrected chi connectivity index (χ4v) is 6.43. The van der Waals surface area contributed by atoms with E-state index in [1.54, 1.807) is 13.2 Å². The lowest BCUT2D eigenvalue weighted by Gasteiger charge is -2.14. The number of methoxy groups -OCH3 is 1. The molecule has 0 saturated carbocycles. The lowest BCUT2D eigenvalue weighted by molar-refractivity contribution is -0.128. The van der Waals surface area contributed by atoms with Gasteiger partial charge in [-0.1, -0.05) is 60.0 Å². The molecule has 0 bridgehead atoms. The van der Waals surface area contributed by atoms with Crippen LogP contribution in [-0.2, 0) is 14.4 Å². The predicted molar refractivity (Wildman–Crippen MR) is 149 cm³/mol. The third kappa shape index (κ3) is 6.84. The number of nitrogens with one attached hydrogen (secondary N) is 2. The summed E-state index contributed by atoms with van der Waals surface area (Å²) in [5.74, 6) is -0.0185. The van der Waals surface area contributed by atoms with E-state index in [-0.39, 0.29) is 29.9 Å². The molecule has 0 spiro atoms. The summed E-state index contributed by atoms with van der Waals surface area (Å²) in [4.78, 5) is 43.5. The van der Waals surface area contributed by atoms with E-state index in [1.807, 2.05) is 48.5 Å². The fourth-order valence-electron chi connectivity index (χ4n) is 3.25. The van der Waals surface area contributed by atoms with E-state index in [0.29, 0.717) is 27.9 Å². The van der Waals surface area contributed by atoms with Gasteiger partial charge >= 0.3 is 0 Å². The van der Waals surface area contributed by atoms with E-state index >= 15 is 0 Å². The van der Waals surface area contributed by atoms with Crippen LogP contribution in [0, 0.1) is 0 Å². The summed E-state index contributed by atoms with van der Waals surface area (Å²) in [7, 11) is 1.59. The highest BCUT2D eigenvalue weighted by Gasteiger charge is 2.31. The van der Waals surface area contributed by atoms with E-state index in [2.05, 4.69) is 15.8 Å². The van der Waals surface area contributed by atoms with Crippen molar-refractivity contribution in [3.63, 3.8) is 0 Å². The summed E-state index contributed by atoms with van der Waals surface area (Å²) < 4.78 is 7.53. The minimum absolute atomic E-state index is 0.135. The van der Waals surface area contributed by atoms with Crippen LogP contribution in [0.1, 0.15) is 18.4 Å². The molecule has 1 aliphatic heterocycles. The normalized spacial score (nSPS) is 14.5. The van der Waals surface area contributed by atoms with Crippen molar-refractivity contribution in [1.29, 1.82) is 0 Å². The van der Waals surface area contributed by atoms with Crippen molar-refractivity contribution in [2.45, 2.75) is 17.2 Å². The lowest BCUT2D eigenvalue weighted by atomic mass is 10.2. The Morgan fingerprint density at radius 1 is 1.17 bits per heavy atom. The summed E-state index contributed by atoms with van der Waals surface area (Å²) in [6.45, 7) is 0.314. The van der Waals surface area contributed by atoms with Gasteiger partial charge in [0.15, 0.2) is 4.34 Å². The van der Waals surface area contributed by atoms with E-state index in [1.165, 1.54) is 39.8 Å². The monoisotopic (exact) mass is 558 g/mol. The van der Waals surface area contributed by atoms with Crippen LogP contribution in [0.3, 0.4) is 0 Å². The predicted octanol–water partition coefficient (Wildman–Crippen LogP) is 4.23. The van der Waals surface area contributed by atoms with Gasteiger partial charge in [-0.2, -0.15) is 0 Å². The van der Waals surface area contributed by atoms with Crippen LogP contribution in [0.5, 0.6) is 5.75 Å². The van der Waals surface area contributed by atoms with Crippen LogP contribution < -0.4 is 15.6 Å². The molecule has 1 fully saturated rings. The number of carbonyl (C=O) groups is 3. The molecular weight excluding hydrogens is 537 g/mol. The number of nitrogens with zero attached hydrogens (tertiary/aromatic N) is 2. The van der Waals surface area contributed by atoms with Gasteiger partial charge in [-0.15, -0.1) is 11.3 Å². The van der Waals surface area contributed by atoms with Crippen molar-refractivity contribution < 1.29 is 19.1 Å².